The molecule has 2 rings (SSSR count). The Morgan fingerprint density at radius 2 is 1.80 bits per heavy atom. The summed E-state index contributed by atoms with van der Waals surface area (Å²) >= 11 is 5.98. The van der Waals surface area contributed by atoms with Gasteiger partial charge in [-0.25, -0.2) is 0 Å². The molecule has 3 nitrogen and oxygen atoms in total. The summed E-state index contributed by atoms with van der Waals surface area (Å²) in [5, 5.41) is 0.617. The molecule has 0 saturated heterocycles. The lowest BCUT2D eigenvalue weighted by Crippen LogP contribution is -2.41. The van der Waals surface area contributed by atoms with Crippen LogP contribution in [0.15, 0.2) is 24.3 Å². The quantitative estimate of drug-likeness (QED) is 0.598. The van der Waals surface area contributed by atoms with E-state index in [-0.39, 0.29) is 5.97 Å². The molecule has 1 aliphatic carbocycles. The van der Waals surface area contributed by atoms with E-state index in [0.717, 1.165) is 38.5 Å². The zero-order chi connectivity index (χ0) is 14.4. The molecule has 110 valence electrons. The van der Waals surface area contributed by atoms with Crippen molar-refractivity contribution in [1.82, 2.24) is 0 Å². The second-order valence-electron chi connectivity index (χ2n) is 5.33. The van der Waals surface area contributed by atoms with Gasteiger partial charge in [-0.05, 0) is 31.0 Å². The van der Waals surface area contributed by atoms with Crippen molar-refractivity contribution < 1.29 is 14.3 Å². The minimum absolute atomic E-state index is 0.299. The summed E-state index contributed by atoms with van der Waals surface area (Å²) in [5.41, 5.74) is 0. The van der Waals surface area contributed by atoms with Gasteiger partial charge in [-0.2, -0.15) is 0 Å². The van der Waals surface area contributed by atoms with Gasteiger partial charge in [0.15, 0.2) is 0 Å². The number of rotatable bonds is 3. The summed E-state index contributed by atoms with van der Waals surface area (Å²) in [6, 6.07) is 7.23. The molecular formula is C16H21ClO3. The van der Waals surface area contributed by atoms with Crippen molar-refractivity contribution in [3.8, 4) is 5.75 Å². The summed E-state index contributed by atoms with van der Waals surface area (Å²) in [6.45, 7) is 1.43. The third-order valence-corrected chi connectivity index (χ3v) is 3.78. The predicted molar refractivity (Wildman–Crippen MR) is 78.9 cm³/mol. The average molecular weight is 297 g/mol. The molecule has 4 heteroatoms. The van der Waals surface area contributed by atoms with Gasteiger partial charge in [0.25, 0.3) is 5.79 Å². The van der Waals surface area contributed by atoms with E-state index in [1.807, 2.05) is 12.1 Å². The molecule has 0 unspecified atom stereocenters. The molecule has 0 radical (unpaired) electrons. The highest BCUT2D eigenvalue weighted by Gasteiger charge is 2.36. The smallest absolute Gasteiger partial charge is 0.305 e. The van der Waals surface area contributed by atoms with Gasteiger partial charge in [0.05, 0.1) is 0 Å². The fraction of sp³-hybridized carbons (Fsp3) is 0.562. The van der Waals surface area contributed by atoms with Gasteiger partial charge in [-0.1, -0.05) is 36.9 Å². The van der Waals surface area contributed by atoms with Crippen molar-refractivity contribution in [2.75, 3.05) is 0 Å². The van der Waals surface area contributed by atoms with E-state index in [0.29, 0.717) is 10.8 Å². The van der Waals surface area contributed by atoms with Gasteiger partial charge in [0.2, 0.25) is 0 Å². The Morgan fingerprint density at radius 3 is 2.40 bits per heavy atom. The fourth-order valence-corrected chi connectivity index (χ4v) is 2.86. The van der Waals surface area contributed by atoms with Crippen LogP contribution in [0.4, 0.5) is 0 Å². The number of halogens is 1. The van der Waals surface area contributed by atoms with Crippen LogP contribution in [0.5, 0.6) is 5.75 Å². The summed E-state index contributed by atoms with van der Waals surface area (Å²) in [4.78, 5) is 11.4. The molecule has 0 spiro atoms. The van der Waals surface area contributed by atoms with Crippen molar-refractivity contribution in [3.63, 3.8) is 0 Å². The first kappa shape index (κ1) is 15.2. The maximum Gasteiger partial charge on any atom is 0.305 e. The Kier molecular flexibility index (Phi) is 5.30. The topological polar surface area (TPSA) is 35.5 Å². The van der Waals surface area contributed by atoms with E-state index in [9.17, 15) is 4.79 Å². The van der Waals surface area contributed by atoms with Crippen molar-refractivity contribution in [2.24, 2.45) is 0 Å². The predicted octanol–water partition coefficient (Wildman–Crippen LogP) is 4.72. The Bertz CT molecular complexity index is 451. The van der Waals surface area contributed by atoms with Gasteiger partial charge in [-0.3, -0.25) is 4.79 Å². The van der Waals surface area contributed by atoms with Crippen LogP contribution in [0.25, 0.3) is 0 Å². The molecule has 0 heterocycles. The molecule has 1 aliphatic rings. The van der Waals surface area contributed by atoms with Crippen LogP contribution >= 0.6 is 11.6 Å². The number of ether oxygens (including phenoxy) is 2. The number of hydrogen-bond donors (Lipinski definition) is 0. The van der Waals surface area contributed by atoms with Gasteiger partial charge in [0.1, 0.15) is 5.75 Å². The molecule has 1 saturated carbocycles. The maximum absolute atomic E-state index is 11.4. The minimum atomic E-state index is -0.836. The van der Waals surface area contributed by atoms with Gasteiger partial charge >= 0.3 is 5.97 Å². The van der Waals surface area contributed by atoms with Crippen LogP contribution < -0.4 is 4.74 Å². The van der Waals surface area contributed by atoms with Crippen molar-refractivity contribution in [2.45, 2.75) is 57.7 Å². The van der Waals surface area contributed by atoms with Crippen LogP contribution in [0.2, 0.25) is 5.02 Å². The average Bonchev–Trinajstić information content (AvgIpc) is 2.33. The molecule has 0 atom stereocenters. The maximum atomic E-state index is 11.4. The number of esters is 1. The van der Waals surface area contributed by atoms with Gasteiger partial charge < -0.3 is 9.47 Å². The normalized spacial score (nSPS) is 18.7. The standard InChI is InChI=1S/C16H21ClO3/c1-13(18)19-16(10-5-3-2-4-6-11-16)20-15-9-7-8-14(17)12-15/h7-9,12H,2-6,10-11H2,1H3. The van der Waals surface area contributed by atoms with Crippen LogP contribution in [-0.4, -0.2) is 11.8 Å². The van der Waals surface area contributed by atoms with Crippen LogP contribution in [-0.2, 0) is 9.53 Å². The van der Waals surface area contributed by atoms with Crippen molar-refractivity contribution in [1.29, 1.82) is 0 Å². The third-order valence-electron chi connectivity index (χ3n) is 3.55. The Labute approximate surface area is 125 Å². The van der Waals surface area contributed by atoms with E-state index in [4.69, 9.17) is 21.1 Å². The lowest BCUT2D eigenvalue weighted by Gasteiger charge is -2.35. The van der Waals surface area contributed by atoms with Crippen molar-refractivity contribution >= 4 is 17.6 Å². The zero-order valence-electron chi connectivity index (χ0n) is 11.9. The second-order valence-corrected chi connectivity index (χ2v) is 5.77. The molecular weight excluding hydrogens is 276 g/mol. The lowest BCUT2D eigenvalue weighted by atomic mass is 9.95. The first-order valence-electron chi connectivity index (χ1n) is 7.24. The largest absolute Gasteiger partial charge is 0.452 e. The molecule has 20 heavy (non-hydrogen) atoms. The molecule has 1 aromatic carbocycles. The molecule has 0 N–H and O–H groups in total. The highest BCUT2D eigenvalue weighted by molar-refractivity contribution is 6.30. The first-order valence-corrected chi connectivity index (χ1v) is 7.62. The van der Waals surface area contributed by atoms with E-state index in [1.165, 1.54) is 13.3 Å². The lowest BCUT2D eigenvalue weighted by molar-refractivity contribution is -0.202. The summed E-state index contributed by atoms with van der Waals surface area (Å²) in [6.07, 6.45) is 7.04. The molecule has 1 aromatic rings. The Hall–Kier alpha value is -1.22. The number of benzene rings is 1. The molecule has 0 bridgehead atoms. The summed E-state index contributed by atoms with van der Waals surface area (Å²) in [7, 11) is 0. The van der Waals surface area contributed by atoms with Crippen LogP contribution in [0.3, 0.4) is 0 Å². The molecule has 0 aromatic heterocycles. The summed E-state index contributed by atoms with van der Waals surface area (Å²) < 4.78 is 11.6. The Morgan fingerprint density at radius 1 is 1.15 bits per heavy atom. The van der Waals surface area contributed by atoms with E-state index in [2.05, 4.69) is 0 Å². The Balaban J connectivity index is 2.18. The van der Waals surface area contributed by atoms with E-state index in [1.54, 1.807) is 12.1 Å². The number of carbonyl (C=O) groups excluding carboxylic acids is 1. The zero-order valence-corrected chi connectivity index (χ0v) is 12.6. The third kappa shape index (κ3) is 4.41. The van der Waals surface area contributed by atoms with Gasteiger partial charge in [-0.15, -0.1) is 0 Å². The monoisotopic (exact) mass is 296 g/mol. The SMILES string of the molecule is CC(=O)OC1(Oc2cccc(Cl)c2)CCCCCCC1. The minimum Gasteiger partial charge on any atom is -0.452 e. The second kappa shape index (κ2) is 6.98. The van der Waals surface area contributed by atoms with E-state index >= 15 is 0 Å². The fourth-order valence-electron chi connectivity index (χ4n) is 2.68. The highest BCUT2D eigenvalue weighted by atomic mass is 35.5. The van der Waals surface area contributed by atoms with Crippen LogP contribution in [0, 0.1) is 0 Å². The molecule has 1 fully saturated rings. The number of hydrogen-bond acceptors (Lipinski definition) is 3. The molecule has 0 amide bonds. The number of carbonyl (C=O) groups is 1. The molecule has 0 aliphatic heterocycles. The van der Waals surface area contributed by atoms with Crippen molar-refractivity contribution in [3.05, 3.63) is 29.3 Å². The highest BCUT2D eigenvalue weighted by Crippen LogP contribution is 2.33. The first-order chi connectivity index (χ1) is 9.60. The summed E-state index contributed by atoms with van der Waals surface area (Å²) in [5.74, 6) is -0.483. The van der Waals surface area contributed by atoms with Crippen LogP contribution in [0.1, 0.15) is 51.9 Å². The van der Waals surface area contributed by atoms with Gasteiger partial charge in [0, 0.05) is 24.8 Å². The van der Waals surface area contributed by atoms with E-state index < -0.39 is 5.79 Å².